The highest BCUT2D eigenvalue weighted by molar-refractivity contribution is 5.96. The molecule has 2 aromatic rings. The van der Waals surface area contributed by atoms with E-state index in [0.717, 1.165) is 31.4 Å². The largest absolute Gasteiger partial charge is 0.508 e. The fourth-order valence-corrected chi connectivity index (χ4v) is 4.80. The number of hydrogen-bond donors (Lipinski definition) is 4. The predicted molar refractivity (Wildman–Crippen MR) is 122 cm³/mol. The summed E-state index contributed by atoms with van der Waals surface area (Å²) >= 11 is 0. The van der Waals surface area contributed by atoms with E-state index in [1.165, 1.54) is 37.0 Å². The van der Waals surface area contributed by atoms with Crippen LogP contribution < -0.4 is 20.1 Å². The molecule has 0 saturated heterocycles. The predicted octanol–water partition coefficient (Wildman–Crippen LogP) is 3.69. The highest BCUT2D eigenvalue weighted by Crippen LogP contribution is 2.39. The summed E-state index contributed by atoms with van der Waals surface area (Å²) in [7, 11) is 1.67. The number of aliphatic hydroxyl groups excluding tert-OH is 1. The first-order valence-electron chi connectivity index (χ1n) is 11.3. The minimum Gasteiger partial charge on any atom is -0.508 e. The molecule has 4 rings (SSSR count). The topological polar surface area (TPSA) is 100 Å². The van der Waals surface area contributed by atoms with Gasteiger partial charge in [-0.25, -0.2) is 0 Å². The summed E-state index contributed by atoms with van der Waals surface area (Å²) in [5.74, 6) is 0.986. The summed E-state index contributed by atoms with van der Waals surface area (Å²) in [5.41, 5.74) is 2.10. The summed E-state index contributed by atoms with van der Waals surface area (Å²) in [6, 6.07) is 11.1. The third kappa shape index (κ3) is 5.16. The van der Waals surface area contributed by atoms with Crippen molar-refractivity contribution in [3.8, 4) is 17.2 Å². The van der Waals surface area contributed by atoms with Crippen LogP contribution in [0.1, 0.15) is 55.8 Å². The molecule has 1 aliphatic heterocycles. The smallest absolute Gasteiger partial charge is 0.262 e. The van der Waals surface area contributed by atoms with Crippen molar-refractivity contribution in [1.29, 1.82) is 0 Å². The summed E-state index contributed by atoms with van der Waals surface area (Å²) in [5, 5.41) is 27.4. The normalized spacial score (nSPS) is 18.2. The number of aliphatic hydroxyl groups is 1. The Morgan fingerprint density at radius 1 is 1.19 bits per heavy atom. The number of ether oxygens (including phenoxy) is 2. The number of β-amino-alcohol motifs (C(OH)–C–C–N with tert-alkyl or cyclic N) is 1. The first-order chi connectivity index (χ1) is 15.5. The zero-order chi connectivity index (χ0) is 22.6. The maximum absolute atomic E-state index is 11.6. The van der Waals surface area contributed by atoms with Gasteiger partial charge < -0.3 is 30.3 Å². The van der Waals surface area contributed by atoms with Crippen LogP contribution in [-0.4, -0.2) is 41.9 Å². The minimum absolute atomic E-state index is 0.0181. The number of methoxy groups -OCH3 is 1. The van der Waals surface area contributed by atoms with Crippen molar-refractivity contribution >= 4 is 11.6 Å². The van der Waals surface area contributed by atoms with Gasteiger partial charge in [-0.15, -0.1) is 0 Å². The van der Waals surface area contributed by atoms with E-state index in [0.29, 0.717) is 23.5 Å². The highest BCUT2D eigenvalue weighted by atomic mass is 16.5. The van der Waals surface area contributed by atoms with Crippen LogP contribution in [0.3, 0.4) is 0 Å². The maximum atomic E-state index is 11.6. The van der Waals surface area contributed by atoms with E-state index >= 15 is 0 Å². The third-order valence-electron chi connectivity index (χ3n) is 6.62. The molecule has 1 fully saturated rings. The van der Waals surface area contributed by atoms with Gasteiger partial charge >= 0.3 is 0 Å². The van der Waals surface area contributed by atoms with Crippen LogP contribution in [0.4, 0.5) is 5.69 Å². The number of amides is 1. The van der Waals surface area contributed by atoms with Crippen LogP contribution in [0.25, 0.3) is 0 Å². The Balaban J connectivity index is 1.45. The molecule has 2 aromatic carbocycles. The summed E-state index contributed by atoms with van der Waals surface area (Å²) in [4.78, 5) is 11.6. The van der Waals surface area contributed by atoms with Crippen LogP contribution in [0.15, 0.2) is 36.4 Å². The van der Waals surface area contributed by atoms with Crippen molar-refractivity contribution in [1.82, 2.24) is 5.32 Å². The molecule has 0 spiro atoms. The molecule has 0 radical (unpaired) electrons. The summed E-state index contributed by atoms with van der Waals surface area (Å²) in [6.07, 6.45) is 6.78. The molecular weight excluding hydrogens is 408 g/mol. The molecule has 7 heteroatoms. The Bertz CT molecular complexity index is 938. The number of carbonyl (C=O) groups is 1. The number of rotatable bonds is 8. The Hall–Kier alpha value is -2.77. The molecule has 1 saturated carbocycles. The fraction of sp³-hybridized carbons (Fsp3) is 0.480. The van der Waals surface area contributed by atoms with Gasteiger partial charge in [0.1, 0.15) is 17.2 Å². The molecule has 7 nitrogen and oxygen atoms in total. The van der Waals surface area contributed by atoms with E-state index in [1.54, 1.807) is 7.11 Å². The first-order valence-corrected chi connectivity index (χ1v) is 11.3. The number of anilines is 1. The summed E-state index contributed by atoms with van der Waals surface area (Å²) in [6.45, 7) is 0.243. The van der Waals surface area contributed by atoms with Gasteiger partial charge in [0, 0.05) is 23.7 Å². The standard InChI is InChI=1S/C25H32N2O5/c1-31-19-7-5-17(6-8-19)9-12-25(10-3-2-4-11-25)26-15-22(29)20-13-18(28)14-21-24(20)32-16-23(30)27-21/h5-8,13-14,22,26,28-29H,2-4,9-12,15-16H2,1H3,(H,27,30). The second-order valence-corrected chi connectivity index (χ2v) is 8.83. The minimum atomic E-state index is -0.870. The number of phenols is 1. The Kier molecular flexibility index (Phi) is 6.86. The Morgan fingerprint density at radius 2 is 1.94 bits per heavy atom. The second-order valence-electron chi connectivity index (χ2n) is 8.83. The Labute approximate surface area is 188 Å². The monoisotopic (exact) mass is 440 g/mol. The average Bonchev–Trinajstić information content (AvgIpc) is 2.81. The molecular formula is C25H32N2O5. The molecule has 1 unspecified atom stereocenters. The van der Waals surface area contributed by atoms with E-state index < -0.39 is 6.10 Å². The van der Waals surface area contributed by atoms with Crippen LogP contribution in [0.2, 0.25) is 0 Å². The summed E-state index contributed by atoms with van der Waals surface area (Å²) < 4.78 is 10.8. The van der Waals surface area contributed by atoms with Crippen LogP contribution >= 0.6 is 0 Å². The lowest BCUT2D eigenvalue weighted by Gasteiger charge is -2.39. The zero-order valence-electron chi connectivity index (χ0n) is 18.5. The van der Waals surface area contributed by atoms with Crippen molar-refractivity contribution in [3.63, 3.8) is 0 Å². The number of aromatic hydroxyl groups is 1. The molecule has 2 aliphatic rings. The van der Waals surface area contributed by atoms with Crippen molar-refractivity contribution in [2.45, 2.75) is 56.6 Å². The van der Waals surface area contributed by atoms with Crippen molar-refractivity contribution in [3.05, 3.63) is 47.5 Å². The average molecular weight is 441 g/mol. The number of benzene rings is 2. The molecule has 172 valence electrons. The number of carbonyl (C=O) groups excluding carboxylic acids is 1. The van der Waals surface area contributed by atoms with Gasteiger partial charge in [0.25, 0.3) is 5.91 Å². The van der Waals surface area contributed by atoms with Crippen LogP contribution in [0.5, 0.6) is 17.2 Å². The lowest BCUT2D eigenvalue weighted by Crippen LogP contribution is -2.48. The van der Waals surface area contributed by atoms with E-state index in [9.17, 15) is 15.0 Å². The number of phenolic OH excluding ortho intramolecular Hbond substituents is 1. The SMILES string of the molecule is COc1ccc(CCC2(NCC(O)c3cc(O)cc4c3OCC(=O)N4)CCCCC2)cc1. The number of nitrogens with one attached hydrogen (secondary N) is 2. The Morgan fingerprint density at radius 3 is 2.66 bits per heavy atom. The van der Waals surface area contributed by atoms with E-state index in [1.807, 2.05) is 12.1 Å². The van der Waals surface area contributed by atoms with Gasteiger partial charge in [-0.1, -0.05) is 31.4 Å². The van der Waals surface area contributed by atoms with Crippen molar-refractivity contribution in [2.24, 2.45) is 0 Å². The molecule has 1 atom stereocenters. The molecule has 1 amide bonds. The number of aryl methyl sites for hydroxylation is 1. The third-order valence-corrected chi connectivity index (χ3v) is 6.62. The molecule has 0 aromatic heterocycles. The fourth-order valence-electron chi connectivity index (χ4n) is 4.80. The number of fused-ring (bicyclic) bond motifs is 1. The van der Waals surface area contributed by atoms with E-state index in [2.05, 4.69) is 22.8 Å². The zero-order valence-corrected chi connectivity index (χ0v) is 18.5. The highest BCUT2D eigenvalue weighted by Gasteiger charge is 2.33. The van der Waals surface area contributed by atoms with E-state index in [4.69, 9.17) is 9.47 Å². The van der Waals surface area contributed by atoms with Gasteiger partial charge in [-0.05, 0) is 49.4 Å². The molecule has 4 N–H and O–H groups in total. The maximum Gasteiger partial charge on any atom is 0.262 e. The van der Waals surface area contributed by atoms with Crippen LogP contribution in [0, 0.1) is 0 Å². The lowest BCUT2D eigenvalue weighted by atomic mass is 9.77. The molecule has 32 heavy (non-hydrogen) atoms. The van der Waals surface area contributed by atoms with Gasteiger partial charge in [-0.2, -0.15) is 0 Å². The lowest BCUT2D eigenvalue weighted by molar-refractivity contribution is -0.118. The first kappa shape index (κ1) is 22.4. The van der Waals surface area contributed by atoms with Gasteiger partial charge in [-0.3, -0.25) is 4.79 Å². The van der Waals surface area contributed by atoms with E-state index in [-0.39, 0.29) is 23.8 Å². The van der Waals surface area contributed by atoms with Crippen molar-refractivity contribution < 1.29 is 24.5 Å². The van der Waals surface area contributed by atoms with Gasteiger partial charge in [0.05, 0.1) is 18.9 Å². The number of hydrogen-bond acceptors (Lipinski definition) is 6. The van der Waals surface area contributed by atoms with Crippen LogP contribution in [-0.2, 0) is 11.2 Å². The van der Waals surface area contributed by atoms with Gasteiger partial charge in [0.2, 0.25) is 0 Å². The molecule has 0 bridgehead atoms. The molecule has 1 heterocycles. The van der Waals surface area contributed by atoms with Gasteiger partial charge in [0.15, 0.2) is 6.61 Å². The molecule has 1 aliphatic carbocycles. The van der Waals surface area contributed by atoms with Crippen molar-refractivity contribution in [2.75, 3.05) is 25.6 Å². The second kappa shape index (κ2) is 9.79. The quantitative estimate of drug-likeness (QED) is 0.500.